The average Bonchev–Trinajstić information content (AvgIpc) is 2.87. The third-order valence-corrected chi connectivity index (χ3v) is 3.14. The lowest BCUT2D eigenvalue weighted by Gasteiger charge is -2.07. The number of ether oxygens (including phenoxy) is 1. The van der Waals surface area contributed by atoms with Gasteiger partial charge in [-0.2, -0.15) is 10.4 Å². The first-order chi connectivity index (χ1) is 10.6. The van der Waals surface area contributed by atoms with Gasteiger partial charge in [-0.1, -0.05) is 0 Å². The highest BCUT2D eigenvalue weighted by molar-refractivity contribution is 5.92. The molecule has 0 spiro atoms. The maximum Gasteiger partial charge on any atom is 0.238 e. The van der Waals surface area contributed by atoms with Gasteiger partial charge >= 0.3 is 0 Å². The largest absolute Gasteiger partial charge is 0.489 e. The van der Waals surface area contributed by atoms with Crippen LogP contribution >= 0.6 is 0 Å². The number of carbonyl (C=O) groups is 1. The minimum Gasteiger partial charge on any atom is -0.489 e. The van der Waals surface area contributed by atoms with E-state index in [4.69, 9.17) is 10.00 Å². The van der Waals surface area contributed by atoms with Crippen molar-refractivity contribution in [1.82, 2.24) is 9.78 Å². The molecular formula is C16H18N4O2. The summed E-state index contributed by atoms with van der Waals surface area (Å²) >= 11 is 0. The molecule has 0 aliphatic rings. The summed E-state index contributed by atoms with van der Waals surface area (Å²) in [6, 6.07) is 8.85. The second-order valence-corrected chi connectivity index (χ2v) is 4.79. The normalized spacial score (nSPS) is 10.0. The summed E-state index contributed by atoms with van der Waals surface area (Å²) in [5.74, 6) is 0.390. The van der Waals surface area contributed by atoms with E-state index in [0.29, 0.717) is 18.0 Å². The SMILES string of the molecule is CCn1cc(COc2ccc(NC(=O)CC#N)cc2)c(C)n1. The summed E-state index contributed by atoms with van der Waals surface area (Å²) in [5, 5.41) is 15.4. The van der Waals surface area contributed by atoms with Crippen molar-refractivity contribution in [2.45, 2.75) is 33.4 Å². The number of aromatic nitrogens is 2. The molecule has 1 N–H and O–H groups in total. The van der Waals surface area contributed by atoms with Crippen molar-refractivity contribution >= 4 is 11.6 Å². The van der Waals surface area contributed by atoms with Crippen LogP contribution in [0.25, 0.3) is 0 Å². The molecule has 22 heavy (non-hydrogen) atoms. The highest BCUT2D eigenvalue weighted by Crippen LogP contribution is 2.18. The molecule has 0 aliphatic heterocycles. The third kappa shape index (κ3) is 4.09. The van der Waals surface area contributed by atoms with Crippen LogP contribution in [0, 0.1) is 18.3 Å². The maximum absolute atomic E-state index is 11.3. The fourth-order valence-corrected chi connectivity index (χ4v) is 1.94. The number of hydrogen-bond acceptors (Lipinski definition) is 4. The van der Waals surface area contributed by atoms with E-state index in [1.807, 2.05) is 24.7 Å². The molecule has 0 bridgehead atoms. The van der Waals surface area contributed by atoms with Crippen molar-refractivity contribution in [2.24, 2.45) is 0 Å². The Morgan fingerprint density at radius 2 is 2.14 bits per heavy atom. The smallest absolute Gasteiger partial charge is 0.238 e. The summed E-state index contributed by atoms with van der Waals surface area (Å²) in [5.41, 5.74) is 2.65. The molecule has 0 radical (unpaired) electrons. The molecule has 1 heterocycles. The van der Waals surface area contributed by atoms with Crippen LogP contribution in [0.2, 0.25) is 0 Å². The van der Waals surface area contributed by atoms with E-state index in [1.54, 1.807) is 30.3 Å². The second kappa shape index (κ2) is 7.27. The minimum atomic E-state index is -0.321. The monoisotopic (exact) mass is 298 g/mol. The van der Waals surface area contributed by atoms with Gasteiger partial charge in [0, 0.05) is 24.0 Å². The van der Waals surface area contributed by atoms with Crippen LogP contribution < -0.4 is 10.1 Å². The van der Waals surface area contributed by atoms with Crippen molar-refractivity contribution in [3.05, 3.63) is 41.7 Å². The first-order valence-corrected chi connectivity index (χ1v) is 7.05. The van der Waals surface area contributed by atoms with Gasteiger partial charge in [0.15, 0.2) is 0 Å². The number of benzene rings is 1. The number of carbonyl (C=O) groups excluding carboxylic acids is 1. The van der Waals surface area contributed by atoms with Crippen molar-refractivity contribution in [3.63, 3.8) is 0 Å². The molecule has 6 nitrogen and oxygen atoms in total. The summed E-state index contributed by atoms with van der Waals surface area (Å²) in [6.07, 6.45) is 1.82. The molecule has 0 fully saturated rings. The number of aryl methyl sites for hydroxylation is 2. The van der Waals surface area contributed by atoms with E-state index in [-0.39, 0.29) is 12.3 Å². The molecule has 114 valence electrons. The molecule has 0 aliphatic carbocycles. The van der Waals surface area contributed by atoms with E-state index in [0.717, 1.165) is 17.8 Å². The molecular weight excluding hydrogens is 280 g/mol. The van der Waals surface area contributed by atoms with Gasteiger partial charge in [0.1, 0.15) is 18.8 Å². The molecule has 6 heteroatoms. The predicted octanol–water partition coefficient (Wildman–Crippen LogP) is 2.64. The zero-order valence-electron chi connectivity index (χ0n) is 12.7. The van der Waals surface area contributed by atoms with Crippen LogP contribution in [0.3, 0.4) is 0 Å². The quantitative estimate of drug-likeness (QED) is 0.889. The number of nitriles is 1. The summed E-state index contributed by atoms with van der Waals surface area (Å²) < 4.78 is 7.60. The van der Waals surface area contributed by atoms with Crippen molar-refractivity contribution in [1.29, 1.82) is 5.26 Å². The Balaban J connectivity index is 1.92. The number of nitrogens with one attached hydrogen (secondary N) is 1. The lowest BCUT2D eigenvalue weighted by atomic mass is 10.2. The Hall–Kier alpha value is -2.81. The second-order valence-electron chi connectivity index (χ2n) is 4.79. The van der Waals surface area contributed by atoms with Gasteiger partial charge < -0.3 is 10.1 Å². The van der Waals surface area contributed by atoms with Gasteiger partial charge in [-0.05, 0) is 38.1 Å². The predicted molar refractivity (Wildman–Crippen MR) is 82.3 cm³/mol. The number of nitrogens with zero attached hydrogens (tertiary/aromatic N) is 3. The lowest BCUT2D eigenvalue weighted by molar-refractivity contribution is -0.115. The van der Waals surface area contributed by atoms with Gasteiger partial charge in [-0.25, -0.2) is 0 Å². The van der Waals surface area contributed by atoms with Crippen molar-refractivity contribution < 1.29 is 9.53 Å². The van der Waals surface area contributed by atoms with E-state index in [9.17, 15) is 4.79 Å². The van der Waals surface area contributed by atoms with E-state index in [2.05, 4.69) is 10.4 Å². The molecule has 2 rings (SSSR count). The van der Waals surface area contributed by atoms with Crippen molar-refractivity contribution in [3.8, 4) is 11.8 Å². The van der Waals surface area contributed by atoms with Crippen molar-refractivity contribution in [2.75, 3.05) is 5.32 Å². The van der Waals surface area contributed by atoms with Crippen LogP contribution in [0.15, 0.2) is 30.5 Å². The van der Waals surface area contributed by atoms with Crippen LogP contribution in [-0.2, 0) is 17.9 Å². The summed E-state index contributed by atoms with van der Waals surface area (Å²) in [4.78, 5) is 11.3. The first-order valence-electron chi connectivity index (χ1n) is 7.05. The Morgan fingerprint density at radius 1 is 1.41 bits per heavy atom. The fraction of sp³-hybridized carbons (Fsp3) is 0.312. The Labute approximate surface area is 129 Å². The van der Waals surface area contributed by atoms with Gasteiger partial charge in [-0.15, -0.1) is 0 Å². The molecule has 0 atom stereocenters. The van der Waals surface area contributed by atoms with Crippen LogP contribution in [0.5, 0.6) is 5.75 Å². The van der Waals surface area contributed by atoms with Gasteiger partial charge in [-0.3, -0.25) is 9.48 Å². The highest BCUT2D eigenvalue weighted by atomic mass is 16.5. The molecule has 1 amide bonds. The Kier molecular flexibility index (Phi) is 5.15. The fourth-order valence-electron chi connectivity index (χ4n) is 1.94. The zero-order chi connectivity index (χ0) is 15.9. The summed E-state index contributed by atoms with van der Waals surface area (Å²) in [6.45, 7) is 5.28. The number of amides is 1. The van der Waals surface area contributed by atoms with E-state index < -0.39 is 0 Å². The number of anilines is 1. The maximum atomic E-state index is 11.3. The molecule has 0 unspecified atom stereocenters. The third-order valence-electron chi connectivity index (χ3n) is 3.14. The Morgan fingerprint density at radius 3 is 2.73 bits per heavy atom. The van der Waals surface area contributed by atoms with Crippen LogP contribution in [0.1, 0.15) is 24.6 Å². The standard InChI is InChI=1S/C16H18N4O2/c1-3-20-10-13(12(2)19-20)11-22-15-6-4-14(5-7-15)18-16(21)8-9-17/h4-7,10H,3,8,11H2,1-2H3,(H,18,21). The lowest BCUT2D eigenvalue weighted by Crippen LogP contribution is -2.09. The average molecular weight is 298 g/mol. The van der Waals surface area contributed by atoms with Gasteiger partial charge in [0.05, 0.1) is 11.8 Å². The van der Waals surface area contributed by atoms with Crippen LogP contribution in [-0.4, -0.2) is 15.7 Å². The molecule has 1 aromatic heterocycles. The molecule has 0 saturated heterocycles. The number of rotatable bonds is 6. The summed E-state index contributed by atoms with van der Waals surface area (Å²) in [7, 11) is 0. The molecule has 0 saturated carbocycles. The Bertz CT molecular complexity index is 683. The number of hydrogen-bond donors (Lipinski definition) is 1. The van der Waals surface area contributed by atoms with E-state index in [1.165, 1.54) is 0 Å². The van der Waals surface area contributed by atoms with E-state index >= 15 is 0 Å². The van der Waals surface area contributed by atoms with Crippen LogP contribution in [0.4, 0.5) is 5.69 Å². The zero-order valence-corrected chi connectivity index (χ0v) is 12.7. The molecule has 1 aromatic carbocycles. The van der Waals surface area contributed by atoms with Gasteiger partial charge in [0.25, 0.3) is 0 Å². The first kappa shape index (κ1) is 15.6. The minimum absolute atomic E-state index is 0.154. The highest BCUT2D eigenvalue weighted by Gasteiger charge is 2.05. The topological polar surface area (TPSA) is 79.9 Å². The van der Waals surface area contributed by atoms with Gasteiger partial charge in [0.2, 0.25) is 5.91 Å². The molecule has 2 aromatic rings.